The van der Waals surface area contributed by atoms with E-state index in [0.29, 0.717) is 21.2 Å². The van der Waals surface area contributed by atoms with E-state index in [1.54, 1.807) is 30.0 Å². The number of sulfonamides is 1. The third-order valence-electron chi connectivity index (χ3n) is 2.17. The average Bonchev–Trinajstić information content (AvgIpc) is 2.36. The molecule has 0 saturated heterocycles. The molecule has 0 atom stereocenters. The summed E-state index contributed by atoms with van der Waals surface area (Å²) in [6.45, 7) is 0.543. The quantitative estimate of drug-likeness (QED) is 0.619. The lowest BCUT2D eigenvalue weighted by molar-refractivity contribution is 0.296. The largest absolute Gasteiger partial charge is 0.396 e. The molecule has 0 bridgehead atoms. The smallest absolute Gasteiger partial charge is 0.241 e. The zero-order valence-corrected chi connectivity index (χ0v) is 14.9. The van der Waals surface area contributed by atoms with Crippen LogP contribution in [0.3, 0.4) is 0 Å². The van der Waals surface area contributed by atoms with Gasteiger partial charge in [0.25, 0.3) is 0 Å². The van der Waals surface area contributed by atoms with Crippen molar-refractivity contribution in [2.24, 2.45) is 0 Å². The molecule has 1 rings (SSSR count). The number of hydrogen-bond acceptors (Lipinski definition) is 4. The highest BCUT2D eigenvalue weighted by Crippen LogP contribution is 2.25. The molecule has 0 radical (unpaired) electrons. The van der Waals surface area contributed by atoms with Crippen LogP contribution in [0, 0.1) is 0 Å². The Balaban J connectivity index is 2.54. The highest BCUT2D eigenvalue weighted by molar-refractivity contribution is 9.11. The molecule has 0 amide bonds. The summed E-state index contributed by atoms with van der Waals surface area (Å²) >= 11 is 8.11. The van der Waals surface area contributed by atoms with E-state index < -0.39 is 10.0 Å². The van der Waals surface area contributed by atoms with Crippen LogP contribution in [0.5, 0.6) is 0 Å². The Bertz CT molecular complexity index is 509. The van der Waals surface area contributed by atoms with E-state index >= 15 is 0 Å². The van der Waals surface area contributed by atoms with Gasteiger partial charge in [0.15, 0.2) is 0 Å². The lowest BCUT2D eigenvalue weighted by Crippen LogP contribution is -2.26. The van der Waals surface area contributed by atoms with Crippen molar-refractivity contribution in [3.05, 3.63) is 27.1 Å². The van der Waals surface area contributed by atoms with Crippen molar-refractivity contribution in [2.45, 2.75) is 11.3 Å². The highest BCUT2D eigenvalue weighted by atomic mass is 79.9. The number of rotatable bonds is 8. The third kappa shape index (κ3) is 6.14. The van der Waals surface area contributed by atoms with Gasteiger partial charge in [-0.15, -0.1) is 0 Å². The molecule has 0 aromatic heterocycles. The normalized spacial score (nSPS) is 11.7. The van der Waals surface area contributed by atoms with Crippen molar-refractivity contribution in [3.63, 3.8) is 0 Å². The first-order chi connectivity index (χ1) is 8.97. The van der Waals surface area contributed by atoms with E-state index in [1.807, 2.05) is 0 Å². The molecule has 0 aliphatic carbocycles. The molecular formula is C11H15Br2NO3S2. The lowest BCUT2D eigenvalue weighted by Gasteiger charge is -2.08. The van der Waals surface area contributed by atoms with Crippen LogP contribution in [-0.4, -0.2) is 38.2 Å². The van der Waals surface area contributed by atoms with Gasteiger partial charge < -0.3 is 5.11 Å². The fourth-order valence-electron chi connectivity index (χ4n) is 1.28. The molecule has 1 aromatic rings. The molecule has 108 valence electrons. The van der Waals surface area contributed by atoms with E-state index in [-0.39, 0.29) is 11.5 Å². The highest BCUT2D eigenvalue weighted by Gasteiger charge is 2.17. The minimum absolute atomic E-state index is 0.170. The summed E-state index contributed by atoms with van der Waals surface area (Å²) in [5, 5.41) is 8.62. The summed E-state index contributed by atoms with van der Waals surface area (Å²) in [7, 11) is -3.50. The standard InChI is InChI=1S/C11H15Br2NO3S2/c12-9-2-3-10(13)11(8-9)19(16,17)14-4-7-18-6-1-5-15/h2-3,8,14-15H,1,4-7H2. The number of aliphatic hydroxyl groups is 1. The maximum Gasteiger partial charge on any atom is 0.241 e. The number of benzene rings is 1. The number of nitrogens with one attached hydrogen (secondary N) is 1. The maximum atomic E-state index is 12.1. The van der Waals surface area contributed by atoms with Gasteiger partial charge in [-0.3, -0.25) is 0 Å². The van der Waals surface area contributed by atoms with E-state index in [0.717, 1.165) is 12.2 Å². The number of hydrogen-bond donors (Lipinski definition) is 2. The summed E-state index contributed by atoms with van der Waals surface area (Å²) in [6.07, 6.45) is 0.731. The van der Waals surface area contributed by atoms with Gasteiger partial charge >= 0.3 is 0 Å². The Labute approximate surface area is 134 Å². The van der Waals surface area contributed by atoms with Crippen LogP contribution in [0.2, 0.25) is 0 Å². The van der Waals surface area contributed by atoms with Crippen molar-refractivity contribution < 1.29 is 13.5 Å². The summed E-state index contributed by atoms with van der Waals surface area (Å²) in [4.78, 5) is 0.224. The molecule has 0 spiro atoms. The fourth-order valence-corrected chi connectivity index (χ4v) is 4.72. The molecule has 19 heavy (non-hydrogen) atoms. The minimum Gasteiger partial charge on any atom is -0.396 e. The van der Waals surface area contributed by atoms with Gasteiger partial charge in [-0.2, -0.15) is 11.8 Å². The number of halogens is 2. The maximum absolute atomic E-state index is 12.1. The Kier molecular flexibility index (Phi) is 7.93. The monoisotopic (exact) mass is 431 g/mol. The first-order valence-corrected chi connectivity index (χ1v) is 9.83. The number of thioether (sulfide) groups is 1. The molecule has 0 heterocycles. The molecule has 2 N–H and O–H groups in total. The second-order valence-electron chi connectivity index (χ2n) is 3.66. The van der Waals surface area contributed by atoms with E-state index in [4.69, 9.17) is 5.11 Å². The molecule has 0 fully saturated rings. The van der Waals surface area contributed by atoms with Gasteiger partial charge in [-0.1, -0.05) is 15.9 Å². The zero-order valence-electron chi connectivity index (χ0n) is 10.1. The first-order valence-electron chi connectivity index (χ1n) is 5.60. The van der Waals surface area contributed by atoms with E-state index in [1.165, 1.54) is 0 Å². The van der Waals surface area contributed by atoms with Crippen molar-refractivity contribution in [2.75, 3.05) is 24.7 Å². The Morgan fingerprint density at radius 2 is 2.00 bits per heavy atom. The molecule has 0 unspecified atom stereocenters. The van der Waals surface area contributed by atoms with Crippen molar-refractivity contribution in [3.8, 4) is 0 Å². The summed E-state index contributed by atoms with van der Waals surface area (Å²) in [5.74, 6) is 1.52. The van der Waals surface area contributed by atoms with Gasteiger partial charge in [0.05, 0.1) is 4.90 Å². The predicted molar refractivity (Wildman–Crippen MR) is 86.1 cm³/mol. The molecule has 4 nitrogen and oxygen atoms in total. The average molecular weight is 433 g/mol. The van der Waals surface area contributed by atoms with Crippen LogP contribution in [0.25, 0.3) is 0 Å². The van der Waals surface area contributed by atoms with E-state index in [9.17, 15) is 8.42 Å². The molecule has 8 heteroatoms. The predicted octanol–water partition coefficient (Wildman–Crippen LogP) is 2.61. The van der Waals surface area contributed by atoms with Gasteiger partial charge in [0.2, 0.25) is 10.0 Å². The van der Waals surface area contributed by atoms with Crippen LogP contribution in [0.15, 0.2) is 32.0 Å². The van der Waals surface area contributed by atoms with Gasteiger partial charge in [0, 0.05) is 27.8 Å². The molecular weight excluding hydrogens is 418 g/mol. The van der Waals surface area contributed by atoms with Crippen LogP contribution < -0.4 is 4.72 Å². The Morgan fingerprint density at radius 1 is 1.26 bits per heavy atom. The van der Waals surface area contributed by atoms with Crippen LogP contribution >= 0.6 is 43.6 Å². The second kappa shape index (κ2) is 8.63. The van der Waals surface area contributed by atoms with Gasteiger partial charge in [-0.05, 0) is 46.3 Å². The second-order valence-corrected chi connectivity index (χ2v) is 8.39. The van der Waals surface area contributed by atoms with Gasteiger partial charge in [0.1, 0.15) is 0 Å². The molecule has 0 aliphatic heterocycles. The Morgan fingerprint density at radius 3 is 2.68 bits per heavy atom. The SMILES string of the molecule is O=S(=O)(NCCSCCCO)c1cc(Br)ccc1Br. The van der Waals surface area contributed by atoms with Crippen molar-refractivity contribution in [1.29, 1.82) is 0 Å². The summed E-state index contributed by atoms with van der Waals surface area (Å²) in [5.41, 5.74) is 0. The van der Waals surface area contributed by atoms with E-state index in [2.05, 4.69) is 36.6 Å². The van der Waals surface area contributed by atoms with Crippen LogP contribution in [0.4, 0.5) is 0 Å². The number of aliphatic hydroxyl groups excluding tert-OH is 1. The topological polar surface area (TPSA) is 66.4 Å². The minimum atomic E-state index is -3.50. The van der Waals surface area contributed by atoms with Crippen molar-refractivity contribution in [1.82, 2.24) is 4.72 Å². The van der Waals surface area contributed by atoms with Crippen LogP contribution in [-0.2, 0) is 10.0 Å². The summed E-state index contributed by atoms with van der Waals surface area (Å²) in [6, 6.07) is 5.02. The molecule has 0 aliphatic rings. The van der Waals surface area contributed by atoms with Crippen molar-refractivity contribution >= 4 is 53.6 Å². The lowest BCUT2D eigenvalue weighted by atomic mass is 10.4. The summed E-state index contributed by atoms with van der Waals surface area (Å²) < 4.78 is 28.0. The molecule has 0 saturated carbocycles. The molecule has 1 aromatic carbocycles. The fraction of sp³-hybridized carbons (Fsp3) is 0.455. The first kappa shape index (κ1) is 17.5. The Hall–Kier alpha value is 0.400. The van der Waals surface area contributed by atoms with Crippen LogP contribution in [0.1, 0.15) is 6.42 Å². The van der Waals surface area contributed by atoms with Gasteiger partial charge in [-0.25, -0.2) is 13.1 Å². The third-order valence-corrected chi connectivity index (χ3v) is 6.19. The zero-order chi connectivity index (χ0) is 14.3.